The largest absolute Gasteiger partial charge is 0.319 e. The Kier molecular flexibility index (Phi) is 2.01. The van der Waals surface area contributed by atoms with E-state index in [9.17, 15) is 0 Å². The summed E-state index contributed by atoms with van der Waals surface area (Å²) < 4.78 is 1.95. The lowest BCUT2D eigenvalue weighted by atomic mass is 10.1. The van der Waals surface area contributed by atoms with E-state index < -0.39 is 5.54 Å². The van der Waals surface area contributed by atoms with Gasteiger partial charge in [0, 0.05) is 11.2 Å². The number of nitrogens with zero attached hydrogens (tertiary/aromatic N) is 2. The molecule has 4 heteroatoms. The van der Waals surface area contributed by atoms with Gasteiger partial charge in [-0.25, -0.2) is 4.98 Å². The summed E-state index contributed by atoms with van der Waals surface area (Å²) in [6, 6.07) is 3.69. The van der Waals surface area contributed by atoms with E-state index in [1.54, 1.807) is 6.20 Å². The Bertz CT molecular complexity index is 468. The third-order valence-electron chi connectivity index (χ3n) is 2.07. The Morgan fingerprint density at radius 1 is 1.50 bits per heavy atom. The van der Waals surface area contributed by atoms with Gasteiger partial charge in [0.05, 0.1) is 17.3 Å². The zero-order chi connectivity index (χ0) is 10.3. The topological polar surface area (TPSA) is 43.3 Å². The van der Waals surface area contributed by atoms with Crippen LogP contribution in [0.15, 0.2) is 24.5 Å². The molecule has 0 unspecified atom stereocenters. The molecule has 2 heterocycles. The lowest BCUT2D eigenvalue weighted by Gasteiger charge is -2.16. The van der Waals surface area contributed by atoms with Gasteiger partial charge in [0.1, 0.15) is 5.82 Å². The van der Waals surface area contributed by atoms with E-state index in [2.05, 4.69) is 4.98 Å². The molecular weight excluding hydrogens is 198 g/mol. The van der Waals surface area contributed by atoms with Crippen molar-refractivity contribution < 1.29 is 0 Å². The molecule has 2 rings (SSSR count). The summed E-state index contributed by atoms with van der Waals surface area (Å²) in [4.78, 5) is 4.29. The van der Waals surface area contributed by atoms with E-state index in [1.807, 2.05) is 36.6 Å². The molecule has 0 aliphatic heterocycles. The number of halogens is 1. The van der Waals surface area contributed by atoms with E-state index >= 15 is 0 Å². The Morgan fingerprint density at radius 3 is 2.86 bits per heavy atom. The number of rotatable bonds is 1. The van der Waals surface area contributed by atoms with Gasteiger partial charge >= 0.3 is 0 Å². The van der Waals surface area contributed by atoms with E-state index in [4.69, 9.17) is 17.3 Å². The molecular formula is C10H12ClN3. The van der Waals surface area contributed by atoms with Crippen LogP contribution >= 0.6 is 11.6 Å². The van der Waals surface area contributed by atoms with Crippen molar-refractivity contribution >= 4 is 17.1 Å². The van der Waals surface area contributed by atoms with Crippen molar-refractivity contribution in [3.05, 3.63) is 35.4 Å². The molecule has 0 fully saturated rings. The molecule has 2 N–H and O–H groups in total. The van der Waals surface area contributed by atoms with Gasteiger partial charge in [-0.2, -0.15) is 0 Å². The minimum Gasteiger partial charge on any atom is -0.319 e. The predicted molar refractivity (Wildman–Crippen MR) is 57.4 cm³/mol. The average molecular weight is 210 g/mol. The molecule has 3 nitrogen and oxygen atoms in total. The number of fused-ring (bicyclic) bond motifs is 1. The van der Waals surface area contributed by atoms with E-state index in [0.717, 1.165) is 11.3 Å². The molecule has 0 aromatic carbocycles. The van der Waals surface area contributed by atoms with Crippen LogP contribution in [-0.4, -0.2) is 9.38 Å². The normalized spacial score (nSPS) is 12.3. The number of aromatic nitrogens is 2. The molecule has 0 spiro atoms. The van der Waals surface area contributed by atoms with Crippen molar-refractivity contribution in [2.75, 3.05) is 0 Å². The van der Waals surface area contributed by atoms with E-state index in [1.165, 1.54) is 0 Å². The second kappa shape index (κ2) is 2.97. The molecule has 0 saturated heterocycles. The van der Waals surface area contributed by atoms with E-state index in [0.29, 0.717) is 5.02 Å². The van der Waals surface area contributed by atoms with Crippen LogP contribution < -0.4 is 5.73 Å². The van der Waals surface area contributed by atoms with E-state index in [-0.39, 0.29) is 0 Å². The van der Waals surface area contributed by atoms with Crippen molar-refractivity contribution in [3.63, 3.8) is 0 Å². The van der Waals surface area contributed by atoms with Crippen molar-refractivity contribution in [3.8, 4) is 0 Å². The molecule has 2 aromatic rings. The molecule has 14 heavy (non-hydrogen) atoms. The highest BCUT2D eigenvalue weighted by Gasteiger charge is 2.19. The Labute approximate surface area is 87.5 Å². The lowest BCUT2D eigenvalue weighted by molar-refractivity contribution is 0.512. The van der Waals surface area contributed by atoms with Crippen LogP contribution in [0, 0.1) is 0 Å². The summed E-state index contributed by atoms with van der Waals surface area (Å²) in [7, 11) is 0. The molecule has 0 atom stereocenters. The summed E-state index contributed by atoms with van der Waals surface area (Å²) in [6.07, 6.45) is 3.66. The quantitative estimate of drug-likeness (QED) is 0.783. The summed E-state index contributed by atoms with van der Waals surface area (Å²) in [5.41, 5.74) is 6.51. The fourth-order valence-electron chi connectivity index (χ4n) is 1.45. The summed E-state index contributed by atoms with van der Waals surface area (Å²) in [5.74, 6) is 0.837. The maximum atomic E-state index is 5.99. The van der Waals surface area contributed by atoms with Gasteiger partial charge in [-0.3, -0.25) is 0 Å². The van der Waals surface area contributed by atoms with Crippen LogP contribution in [0.3, 0.4) is 0 Å². The van der Waals surface area contributed by atoms with Crippen LogP contribution in [0.2, 0.25) is 5.02 Å². The SMILES string of the molecule is CC(C)(N)c1ncc2cc(Cl)ccn12. The number of imidazole rings is 1. The first-order valence-corrected chi connectivity index (χ1v) is 4.78. The van der Waals surface area contributed by atoms with Gasteiger partial charge in [-0.05, 0) is 26.0 Å². The van der Waals surface area contributed by atoms with Crippen molar-refractivity contribution in [2.24, 2.45) is 5.73 Å². The number of nitrogens with two attached hydrogens (primary N) is 1. The standard InChI is InChI=1S/C10H12ClN3/c1-10(2,12)9-13-6-8-5-7(11)3-4-14(8)9/h3-6H,12H2,1-2H3. The maximum Gasteiger partial charge on any atom is 0.132 e. The van der Waals surface area contributed by atoms with Crippen molar-refractivity contribution in [1.82, 2.24) is 9.38 Å². The van der Waals surface area contributed by atoms with Gasteiger partial charge < -0.3 is 10.1 Å². The molecule has 0 amide bonds. The number of hydrogen-bond acceptors (Lipinski definition) is 2. The van der Waals surface area contributed by atoms with Crippen LogP contribution in [0.4, 0.5) is 0 Å². The Hall–Kier alpha value is -1.06. The fraction of sp³-hybridized carbons (Fsp3) is 0.300. The molecule has 0 bridgehead atoms. The third-order valence-corrected chi connectivity index (χ3v) is 2.31. The minimum absolute atomic E-state index is 0.444. The van der Waals surface area contributed by atoms with Crippen molar-refractivity contribution in [1.29, 1.82) is 0 Å². The highest BCUT2D eigenvalue weighted by atomic mass is 35.5. The molecule has 0 radical (unpaired) electrons. The highest BCUT2D eigenvalue weighted by molar-refractivity contribution is 6.30. The first kappa shape index (κ1) is 9.49. The van der Waals surface area contributed by atoms with Gasteiger partial charge in [-0.1, -0.05) is 11.6 Å². The number of pyridine rings is 1. The molecule has 74 valence electrons. The van der Waals surface area contributed by atoms with Crippen LogP contribution in [0.1, 0.15) is 19.7 Å². The van der Waals surface area contributed by atoms with Gasteiger partial charge in [0.15, 0.2) is 0 Å². The van der Waals surface area contributed by atoms with Crippen LogP contribution in [0.5, 0.6) is 0 Å². The maximum absolute atomic E-state index is 5.99. The first-order valence-electron chi connectivity index (χ1n) is 4.40. The van der Waals surface area contributed by atoms with Crippen molar-refractivity contribution in [2.45, 2.75) is 19.4 Å². The zero-order valence-corrected chi connectivity index (χ0v) is 8.92. The zero-order valence-electron chi connectivity index (χ0n) is 8.16. The fourth-order valence-corrected chi connectivity index (χ4v) is 1.62. The van der Waals surface area contributed by atoms with Gasteiger partial charge in [0.2, 0.25) is 0 Å². The summed E-state index contributed by atoms with van der Waals surface area (Å²) in [6.45, 7) is 3.85. The monoisotopic (exact) mass is 209 g/mol. The second-order valence-corrected chi connectivity index (χ2v) is 4.38. The smallest absolute Gasteiger partial charge is 0.132 e. The molecule has 2 aromatic heterocycles. The lowest BCUT2D eigenvalue weighted by Crippen LogP contribution is -2.31. The predicted octanol–water partition coefficient (Wildman–Crippen LogP) is 2.18. The average Bonchev–Trinajstić information content (AvgIpc) is 2.45. The third kappa shape index (κ3) is 1.49. The highest BCUT2D eigenvalue weighted by Crippen LogP contribution is 2.19. The van der Waals surface area contributed by atoms with Gasteiger partial charge in [-0.15, -0.1) is 0 Å². The van der Waals surface area contributed by atoms with Crippen LogP contribution in [0.25, 0.3) is 5.52 Å². The van der Waals surface area contributed by atoms with Crippen LogP contribution in [-0.2, 0) is 5.54 Å². The Morgan fingerprint density at radius 2 is 2.21 bits per heavy atom. The Balaban J connectivity index is 2.70. The molecule has 0 aliphatic carbocycles. The second-order valence-electron chi connectivity index (χ2n) is 3.94. The molecule has 0 saturated carbocycles. The molecule has 0 aliphatic rings. The van der Waals surface area contributed by atoms with Gasteiger partial charge in [0.25, 0.3) is 0 Å². The minimum atomic E-state index is -0.444. The first-order chi connectivity index (χ1) is 6.48. The summed E-state index contributed by atoms with van der Waals surface area (Å²) in [5, 5.41) is 0.707. The summed E-state index contributed by atoms with van der Waals surface area (Å²) >= 11 is 5.87. The number of hydrogen-bond donors (Lipinski definition) is 1.